The highest BCUT2D eigenvalue weighted by molar-refractivity contribution is 5.95. The van der Waals surface area contributed by atoms with Gasteiger partial charge < -0.3 is 35.5 Å². The van der Waals surface area contributed by atoms with Gasteiger partial charge in [-0.25, -0.2) is 4.79 Å². The molecule has 0 saturated carbocycles. The first-order valence-electron chi connectivity index (χ1n) is 13.8. The maximum atomic E-state index is 12.8. The van der Waals surface area contributed by atoms with Gasteiger partial charge in [-0.15, -0.1) is 0 Å². The van der Waals surface area contributed by atoms with E-state index in [0.717, 1.165) is 55.3 Å². The minimum atomic E-state index is -0.540. The highest BCUT2D eigenvalue weighted by Crippen LogP contribution is 2.32. The molecule has 2 fully saturated rings. The molecule has 2 aromatic rings. The molecule has 0 aliphatic carbocycles. The first-order chi connectivity index (χ1) is 19.4. The van der Waals surface area contributed by atoms with Crippen LogP contribution in [0.2, 0.25) is 0 Å². The lowest BCUT2D eigenvalue weighted by Crippen LogP contribution is -2.41. The van der Waals surface area contributed by atoms with Crippen molar-refractivity contribution >= 4 is 29.1 Å². The van der Waals surface area contributed by atoms with Crippen LogP contribution >= 0.6 is 0 Å². The number of benzene rings is 2. The van der Waals surface area contributed by atoms with Gasteiger partial charge in [0.2, 0.25) is 6.35 Å². The van der Waals surface area contributed by atoms with Crippen molar-refractivity contribution in [2.24, 2.45) is 0 Å². The van der Waals surface area contributed by atoms with Crippen molar-refractivity contribution in [3.05, 3.63) is 59.3 Å². The van der Waals surface area contributed by atoms with Crippen molar-refractivity contribution in [1.29, 1.82) is 0 Å². The van der Waals surface area contributed by atoms with E-state index in [0.29, 0.717) is 36.7 Å². The van der Waals surface area contributed by atoms with Gasteiger partial charge in [0.05, 0.1) is 19.3 Å². The van der Waals surface area contributed by atoms with Crippen LogP contribution < -0.4 is 30.9 Å². The highest BCUT2D eigenvalue weighted by atomic mass is 16.5. The van der Waals surface area contributed by atoms with E-state index >= 15 is 0 Å². The molecule has 214 valence electrons. The SMILES string of the molecule is Cc1ccc(C(=O)NCCN2CCOCC2)cc1NC1NC=C(c2cc(OC(C)C)cc(N3CCNC3=O)c2)O1. The van der Waals surface area contributed by atoms with Gasteiger partial charge in [0.1, 0.15) is 11.5 Å². The van der Waals surface area contributed by atoms with Crippen LogP contribution in [0.15, 0.2) is 42.6 Å². The van der Waals surface area contributed by atoms with Crippen molar-refractivity contribution in [2.75, 3.05) is 62.7 Å². The van der Waals surface area contributed by atoms with E-state index in [-0.39, 0.29) is 18.0 Å². The zero-order valence-electron chi connectivity index (χ0n) is 23.3. The molecule has 11 heteroatoms. The molecule has 3 aliphatic rings. The molecule has 0 spiro atoms. The number of amides is 3. The number of hydrogen-bond acceptors (Lipinski definition) is 8. The third-order valence-corrected chi connectivity index (χ3v) is 6.93. The molecule has 3 heterocycles. The number of morpholine rings is 1. The Morgan fingerprint density at radius 3 is 2.73 bits per heavy atom. The molecule has 2 saturated heterocycles. The third kappa shape index (κ3) is 6.78. The van der Waals surface area contributed by atoms with Crippen LogP contribution in [0.4, 0.5) is 16.2 Å². The fourth-order valence-corrected chi connectivity index (χ4v) is 4.82. The van der Waals surface area contributed by atoms with Crippen molar-refractivity contribution in [3.63, 3.8) is 0 Å². The van der Waals surface area contributed by atoms with Crippen LogP contribution in [0.25, 0.3) is 5.76 Å². The molecule has 1 unspecified atom stereocenters. The molecule has 3 aliphatic heterocycles. The minimum absolute atomic E-state index is 0.0201. The Morgan fingerprint density at radius 2 is 1.98 bits per heavy atom. The van der Waals surface area contributed by atoms with Crippen molar-refractivity contribution in [1.82, 2.24) is 20.9 Å². The topological polar surface area (TPSA) is 116 Å². The number of carbonyl (C=O) groups excluding carboxylic acids is 2. The number of ether oxygens (including phenoxy) is 3. The number of rotatable bonds is 10. The Balaban J connectivity index is 1.22. The normalized spacial score (nSPS) is 19.1. The van der Waals surface area contributed by atoms with E-state index in [1.165, 1.54) is 0 Å². The second-order valence-corrected chi connectivity index (χ2v) is 10.3. The largest absolute Gasteiger partial charge is 0.491 e. The molecule has 0 bridgehead atoms. The van der Waals surface area contributed by atoms with Gasteiger partial charge in [-0.2, -0.15) is 0 Å². The minimum Gasteiger partial charge on any atom is -0.491 e. The van der Waals surface area contributed by atoms with Crippen molar-refractivity contribution in [3.8, 4) is 5.75 Å². The van der Waals surface area contributed by atoms with Crippen LogP contribution in [0.3, 0.4) is 0 Å². The molecule has 0 radical (unpaired) electrons. The summed E-state index contributed by atoms with van der Waals surface area (Å²) in [5.41, 5.74) is 3.88. The van der Waals surface area contributed by atoms with E-state index in [4.69, 9.17) is 14.2 Å². The summed E-state index contributed by atoms with van der Waals surface area (Å²) in [6, 6.07) is 11.1. The molecule has 11 nitrogen and oxygen atoms in total. The number of anilines is 2. The molecule has 3 amide bonds. The van der Waals surface area contributed by atoms with Gasteiger partial charge in [-0.3, -0.25) is 14.6 Å². The molecule has 1 atom stereocenters. The number of nitrogens with zero attached hydrogens (tertiary/aromatic N) is 2. The second kappa shape index (κ2) is 12.5. The average molecular weight is 551 g/mol. The van der Waals surface area contributed by atoms with E-state index in [1.807, 2.05) is 57.2 Å². The second-order valence-electron chi connectivity index (χ2n) is 10.3. The van der Waals surface area contributed by atoms with E-state index < -0.39 is 6.35 Å². The Labute approximate surface area is 234 Å². The van der Waals surface area contributed by atoms with Gasteiger partial charge in [0.25, 0.3) is 5.91 Å². The van der Waals surface area contributed by atoms with Crippen LogP contribution in [0.5, 0.6) is 5.75 Å². The van der Waals surface area contributed by atoms with Crippen molar-refractivity contribution in [2.45, 2.75) is 33.2 Å². The summed E-state index contributed by atoms with van der Waals surface area (Å²) in [5, 5.41) is 12.4. The summed E-state index contributed by atoms with van der Waals surface area (Å²) in [7, 11) is 0. The summed E-state index contributed by atoms with van der Waals surface area (Å²) >= 11 is 0. The summed E-state index contributed by atoms with van der Waals surface area (Å²) in [6.45, 7) is 11.7. The molecule has 4 N–H and O–H groups in total. The highest BCUT2D eigenvalue weighted by Gasteiger charge is 2.25. The predicted molar refractivity (Wildman–Crippen MR) is 153 cm³/mol. The standard InChI is InChI=1S/C29H38N6O5/c1-19(2)39-24-15-22(14-23(17-24)35-9-7-31-29(35)37)26-18-32-28(40-26)33-25-16-21(5-4-20(25)3)27(36)30-6-8-34-10-12-38-13-11-34/h4-5,14-19,28,32-33H,6-13H2,1-3H3,(H,30,36)(H,31,37). The van der Waals surface area contributed by atoms with Gasteiger partial charge in [-0.05, 0) is 50.6 Å². The van der Waals surface area contributed by atoms with Gasteiger partial charge in [-0.1, -0.05) is 6.07 Å². The van der Waals surface area contributed by atoms with E-state index in [1.54, 1.807) is 11.1 Å². The first kappa shape index (κ1) is 27.6. The number of aryl methyl sites for hydroxylation is 1. The lowest BCUT2D eigenvalue weighted by atomic mass is 10.1. The van der Waals surface area contributed by atoms with Crippen LogP contribution in [0.1, 0.15) is 35.3 Å². The van der Waals surface area contributed by atoms with Crippen LogP contribution in [0, 0.1) is 6.92 Å². The molecular formula is C29H38N6O5. The third-order valence-electron chi connectivity index (χ3n) is 6.93. The quantitative estimate of drug-likeness (QED) is 0.357. The monoisotopic (exact) mass is 550 g/mol. The van der Waals surface area contributed by atoms with Gasteiger partial charge >= 0.3 is 6.03 Å². The zero-order chi connectivity index (χ0) is 28.1. The smallest absolute Gasteiger partial charge is 0.321 e. The lowest BCUT2D eigenvalue weighted by Gasteiger charge is -2.26. The molecule has 40 heavy (non-hydrogen) atoms. The Bertz CT molecular complexity index is 1260. The molecular weight excluding hydrogens is 512 g/mol. The van der Waals surface area contributed by atoms with E-state index in [2.05, 4.69) is 26.2 Å². The molecule has 0 aromatic heterocycles. The fraction of sp³-hybridized carbons (Fsp3) is 0.448. The van der Waals surface area contributed by atoms with Crippen LogP contribution in [-0.4, -0.2) is 81.8 Å². The number of nitrogens with one attached hydrogen (secondary N) is 4. The Morgan fingerprint density at radius 1 is 1.15 bits per heavy atom. The van der Waals surface area contributed by atoms with E-state index in [9.17, 15) is 9.59 Å². The van der Waals surface area contributed by atoms with Crippen molar-refractivity contribution < 1.29 is 23.8 Å². The fourth-order valence-electron chi connectivity index (χ4n) is 4.82. The van der Waals surface area contributed by atoms with Gasteiger partial charge in [0, 0.05) is 74.0 Å². The molecule has 5 rings (SSSR count). The average Bonchev–Trinajstić information content (AvgIpc) is 3.59. The zero-order valence-corrected chi connectivity index (χ0v) is 23.3. The maximum absolute atomic E-state index is 12.8. The Hall–Kier alpha value is -3.96. The summed E-state index contributed by atoms with van der Waals surface area (Å²) in [6.07, 6.45) is 1.23. The first-order valence-corrected chi connectivity index (χ1v) is 13.8. The number of urea groups is 1. The molecule has 2 aromatic carbocycles. The number of hydrogen-bond donors (Lipinski definition) is 4. The predicted octanol–water partition coefficient (Wildman–Crippen LogP) is 2.69. The summed E-state index contributed by atoms with van der Waals surface area (Å²) in [4.78, 5) is 29.1. The van der Waals surface area contributed by atoms with Gasteiger partial charge in [0.15, 0.2) is 0 Å². The number of carbonyl (C=O) groups is 2. The Kier molecular flexibility index (Phi) is 8.61. The summed E-state index contributed by atoms with van der Waals surface area (Å²) in [5.74, 6) is 1.16. The summed E-state index contributed by atoms with van der Waals surface area (Å²) < 4.78 is 17.5. The van der Waals surface area contributed by atoms with Crippen LogP contribution in [-0.2, 0) is 9.47 Å². The maximum Gasteiger partial charge on any atom is 0.321 e. The lowest BCUT2D eigenvalue weighted by molar-refractivity contribution is 0.0383.